The van der Waals surface area contributed by atoms with Crippen molar-refractivity contribution in [1.29, 1.82) is 0 Å². The van der Waals surface area contributed by atoms with Crippen LogP contribution in [0.5, 0.6) is 0 Å². The molecule has 0 bridgehead atoms. The molecule has 1 heterocycles. The van der Waals surface area contributed by atoms with Crippen LogP contribution in [0, 0.1) is 5.82 Å². The molecule has 0 saturated carbocycles. The minimum atomic E-state index is -0.498. The first kappa shape index (κ1) is 19.5. The maximum Gasteiger partial charge on any atom is 0.254 e. The highest BCUT2D eigenvalue weighted by Gasteiger charge is 2.18. The summed E-state index contributed by atoms with van der Waals surface area (Å²) in [6.07, 6.45) is 3.84. The number of nitrogens with two attached hydrogens (primary N) is 1. The molecule has 1 aliphatic carbocycles. The van der Waals surface area contributed by atoms with E-state index in [-0.39, 0.29) is 22.7 Å². The molecule has 0 spiro atoms. The molecule has 144 valence electrons. The van der Waals surface area contributed by atoms with Gasteiger partial charge in [-0.15, -0.1) is 0 Å². The van der Waals surface area contributed by atoms with Gasteiger partial charge in [-0.2, -0.15) is 15.0 Å². The molecule has 0 unspecified atom stereocenters. The lowest BCUT2D eigenvalue weighted by molar-refractivity contribution is -0.112. The first-order chi connectivity index (χ1) is 13.4. The number of aliphatic imine (C=N–C) groups is 1. The number of allylic oxidation sites excluding steroid dienone is 3. The van der Waals surface area contributed by atoms with Crippen molar-refractivity contribution in [3.63, 3.8) is 0 Å². The minimum Gasteiger partial charge on any atom is -0.387 e. The van der Waals surface area contributed by atoms with Gasteiger partial charge in [0.05, 0.1) is 10.9 Å². The number of nitrogens with zero attached hydrogens (tertiary/aromatic N) is 3. The van der Waals surface area contributed by atoms with E-state index >= 15 is 0 Å². The van der Waals surface area contributed by atoms with Crippen LogP contribution in [0.4, 0.5) is 22.0 Å². The molecule has 9 heteroatoms. The Hall–Kier alpha value is -3.26. The van der Waals surface area contributed by atoms with Crippen LogP contribution in [0.15, 0.2) is 47.0 Å². The third-order valence-corrected chi connectivity index (χ3v) is 4.24. The fourth-order valence-corrected chi connectivity index (χ4v) is 2.72. The van der Waals surface area contributed by atoms with Crippen molar-refractivity contribution in [3.8, 4) is 0 Å². The zero-order valence-corrected chi connectivity index (χ0v) is 16.0. The number of amides is 1. The molecule has 4 N–H and O–H groups in total. The van der Waals surface area contributed by atoms with E-state index in [1.807, 2.05) is 0 Å². The second kappa shape index (κ2) is 8.18. The summed E-state index contributed by atoms with van der Waals surface area (Å²) in [4.78, 5) is 24.9. The summed E-state index contributed by atoms with van der Waals surface area (Å²) in [7, 11) is 1.69. The van der Waals surface area contributed by atoms with Crippen LogP contribution < -0.4 is 16.4 Å². The van der Waals surface area contributed by atoms with Crippen LogP contribution >= 0.6 is 11.6 Å². The van der Waals surface area contributed by atoms with Gasteiger partial charge in [0.2, 0.25) is 0 Å². The molecule has 1 amide bonds. The molecular formula is C19H18ClFN6O. The van der Waals surface area contributed by atoms with E-state index in [0.29, 0.717) is 29.2 Å². The third-order valence-electron chi connectivity index (χ3n) is 3.94. The third kappa shape index (κ3) is 4.52. The van der Waals surface area contributed by atoms with Crippen molar-refractivity contribution >= 4 is 46.5 Å². The highest BCUT2D eigenvalue weighted by atomic mass is 35.5. The number of hydrogen-bond acceptors (Lipinski definition) is 5. The first-order valence-corrected chi connectivity index (χ1v) is 8.77. The fraction of sp³-hybridized carbons (Fsp3) is 0.158. The number of amidine groups is 1. The number of benzene rings is 1. The molecule has 1 aliphatic rings. The van der Waals surface area contributed by atoms with E-state index in [2.05, 4.69) is 25.6 Å². The highest BCUT2D eigenvalue weighted by molar-refractivity contribution is 6.30. The molecule has 0 saturated heterocycles. The van der Waals surface area contributed by atoms with Gasteiger partial charge in [-0.3, -0.25) is 4.79 Å². The van der Waals surface area contributed by atoms with E-state index in [1.165, 1.54) is 12.1 Å². The summed E-state index contributed by atoms with van der Waals surface area (Å²) >= 11 is 5.72. The maximum atomic E-state index is 13.7. The molecule has 1 aromatic carbocycles. The number of hydrogen-bond donors (Lipinski definition) is 3. The largest absolute Gasteiger partial charge is 0.387 e. The van der Waals surface area contributed by atoms with E-state index in [0.717, 1.165) is 5.57 Å². The maximum absolute atomic E-state index is 13.7. The lowest BCUT2D eigenvalue weighted by atomic mass is 10.0. The summed E-state index contributed by atoms with van der Waals surface area (Å²) in [6, 6.07) is 6.15. The van der Waals surface area contributed by atoms with Gasteiger partial charge in [0, 0.05) is 25.1 Å². The van der Waals surface area contributed by atoms with Gasteiger partial charge in [0.15, 0.2) is 0 Å². The van der Waals surface area contributed by atoms with Crippen molar-refractivity contribution in [2.75, 3.05) is 17.7 Å². The summed E-state index contributed by atoms with van der Waals surface area (Å²) in [6.45, 7) is 1.61. The standard InChI is InChI=1S/C19H18ClFN6O/c1-10(22)24-19-26-16(23-2)9-17(27-19)25-18(28)13-4-3-11(7-13)12-5-6-14(20)15(21)8-12/h3-6,8-9H,7H2,1-2H3,(H4,22,23,24,25,26,27,28). The van der Waals surface area contributed by atoms with Gasteiger partial charge in [-0.1, -0.05) is 29.8 Å². The molecule has 0 fully saturated rings. The SMILES string of the molecule is CNc1cc(NC(=O)C2=CC=C(c3ccc(Cl)c(F)c3)C2)nc(N=C(C)N)n1. The zero-order chi connectivity index (χ0) is 20.3. The molecule has 2 aromatic rings. The van der Waals surface area contributed by atoms with Crippen LogP contribution in [0.3, 0.4) is 0 Å². The van der Waals surface area contributed by atoms with Crippen LogP contribution in [-0.2, 0) is 4.79 Å². The Morgan fingerprint density at radius 3 is 2.68 bits per heavy atom. The van der Waals surface area contributed by atoms with Crippen LogP contribution in [0.25, 0.3) is 5.57 Å². The number of nitrogens with one attached hydrogen (secondary N) is 2. The molecular weight excluding hydrogens is 383 g/mol. The Morgan fingerprint density at radius 2 is 2.00 bits per heavy atom. The van der Waals surface area contributed by atoms with Crippen LogP contribution in [-0.4, -0.2) is 28.8 Å². The zero-order valence-electron chi connectivity index (χ0n) is 15.3. The van der Waals surface area contributed by atoms with E-state index in [9.17, 15) is 9.18 Å². The summed E-state index contributed by atoms with van der Waals surface area (Å²) in [5.41, 5.74) is 7.59. The van der Waals surface area contributed by atoms with E-state index in [4.69, 9.17) is 17.3 Å². The number of anilines is 2. The average Bonchev–Trinajstić information content (AvgIpc) is 3.13. The molecule has 0 radical (unpaired) electrons. The smallest absolute Gasteiger partial charge is 0.254 e. The Labute approximate surface area is 166 Å². The van der Waals surface area contributed by atoms with Gasteiger partial charge in [0.25, 0.3) is 11.9 Å². The Bertz CT molecular complexity index is 1030. The lowest BCUT2D eigenvalue weighted by Gasteiger charge is -2.09. The summed E-state index contributed by atoms with van der Waals surface area (Å²) in [5.74, 6) is 0.395. The Balaban J connectivity index is 1.72. The predicted molar refractivity (Wildman–Crippen MR) is 109 cm³/mol. The molecule has 7 nitrogen and oxygen atoms in total. The monoisotopic (exact) mass is 400 g/mol. The van der Waals surface area contributed by atoms with E-state index < -0.39 is 5.82 Å². The Kier molecular flexibility index (Phi) is 5.70. The summed E-state index contributed by atoms with van der Waals surface area (Å²) in [5, 5.41) is 5.67. The molecule has 1 aromatic heterocycles. The van der Waals surface area contributed by atoms with Crippen LogP contribution in [0.1, 0.15) is 18.9 Å². The predicted octanol–water partition coefficient (Wildman–Crippen LogP) is 3.67. The van der Waals surface area contributed by atoms with E-state index in [1.54, 1.807) is 38.3 Å². The molecule has 28 heavy (non-hydrogen) atoms. The molecule has 3 rings (SSSR count). The molecule has 0 aliphatic heterocycles. The number of halogens is 2. The average molecular weight is 401 g/mol. The van der Waals surface area contributed by atoms with Crippen molar-refractivity contribution in [1.82, 2.24) is 9.97 Å². The van der Waals surface area contributed by atoms with Gasteiger partial charge in [-0.05, 0) is 30.2 Å². The normalized spacial score (nSPS) is 13.8. The minimum absolute atomic E-state index is 0.0588. The molecule has 0 atom stereocenters. The van der Waals surface area contributed by atoms with Crippen molar-refractivity contribution < 1.29 is 9.18 Å². The number of carbonyl (C=O) groups excluding carboxylic acids is 1. The van der Waals surface area contributed by atoms with Crippen LogP contribution in [0.2, 0.25) is 5.02 Å². The second-order valence-corrected chi connectivity index (χ2v) is 6.49. The number of rotatable bonds is 5. The lowest BCUT2D eigenvalue weighted by Crippen LogP contribution is -2.15. The van der Waals surface area contributed by atoms with Gasteiger partial charge >= 0.3 is 0 Å². The first-order valence-electron chi connectivity index (χ1n) is 8.40. The fourth-order valence-electron chi connectivity index (χ4n) is 2.61. The number of carbonyl (C=O) groups is 1. The topological polar surface area (TPSA) is 105 Å². The summed E-state index contributed by atoms with van der Waals surface area (Å²) < 4.78 is 13.7. The quantitative estimate of drug-likeness (QED) is 0.524. The van der Waals surface area contributed by atoms with Gasteiger partial charge in [-0.25, -0.2) is 4.39 Å². The van der Waals surface area contributed by atoms with Gasteiger partial charge < -0.3 is 16.4 Å². The van der Waals surface area contributed by atoms with Crippen molar-refractivity contribution in [2.45, 2.75) is 13.3 Å². The Morgan fingerprint density at radius 1 is 1.25 bits per heavy atom. The highest BCUT2D eigenvalue weighted by Crippen LogP contribution is 2.30. The van der Waals surface area contributed by atoms with Crippen molar-refractivity contribution in [3.05, 3.63) is 58.4 Å². The number of aromatic nitrogens is 2. The van der Waals surface area contributed by atoms with Gasteiger partial charge in [0.1, 0.15) is 17.5 Å². The second-order valence-electron chi connectivity index (χ2n) is 6.09. The van der Waals surface area contributed by atoms with Crippen molar-refractivity contribution in [2.24, 2.45) is 10.7 Å².